The van der Waals surface area contributed by atoms with Crippen LogP contribution in [0, 0.1) is 5.92 Å². The van der Waals surface area contributed by atoms with E-state index in [-0.39, 0.29) is 23.8 Å². The Morgan fingerprint density at radius 1 is 1.15 bits per heavy atom. The Bertz CT molecular complexity index is 757. The number of carbonyl (C=O) groups is 2. The van der Waals surface area contributed by atoms with Crippen LogP contribution < -0.4 is 5.32 Å². The molecule has 2 N–H and O–H groups in total. The summed E-state index contributed by atoms with van der Waals surface area (Å²) >= 11 is 0. The molecule has 1 aromatic carbocycles. The number of nitrogens with zero attached hydrogens (tertiary/aromatic N) is 1. The van der Waals surface area contributed by atoms with Gasteiger partial charge >= 0.3 is 0 Å². The number of amides is 2. The van der Waals surface area contributed by atoms with E-state index in [4.69, 9.17) is 4.74 Å². The van der Waals surface area contributed by atoms with Crippen molar-refractivity contribution in [1.82, 2.24) is 15.2 Å². The van der Waals surface area contributed by atoms with E-state index in [9.17, 15) is 9.59 Å². The second-order valence-electron chi connectivity index (χ2n) is 7.18. The fourth-order valence-electron chi connectivity index (χ4n) is 3.62. The first-order chi connectivity index (χ1) is 12.7. The third-order valence-corrected chi connectivity index (χ3v) is 5.25. The van der Waals surface area contributed by atoms with Gasteiger partial charge in [-0.2, -0.15) is 0 Å². The van der Waals surface area contributed by atoms with Gasteiger partial charge in [-0.25, -0.2) is 0 Å². The van der Waals surface area contributed by atoms with Crippen LogP contribution >= 0.6 is 0 Å². The summed E-state index contributed by atoms with van der Waals surface area (Å²) in [6.45, 7) is 2.44. The molecule has 26 heavy (non-hydrogen) atoms. The van der Waals surface area contributed by atoms with Crippen LogP contribution in [-0.2, 0) is 9.53 Å². The van der Waals surface area contributed by atoms with Gasteiger partial charge in [0, 0.05) is 49.2 Å². The van der Waals surface area contributed by atoms with Gasteiger partial charge in [-0.05, 0) is 37.8 Å². The summed E-state index contributed by atoms with van der Waals surface area (Å²) in [7, 11) is 0. The van der Waals surface area contributed by atoms with Crippen LogP contribution in [0.15, 0.2) is 30.3 Å². The smallest absolute Gasteiger partial charge is 0.267 e. The molecule has 0 radical (unpaired) electrons. The first-order valence-corrected chi connectivity index (χ1v) is 9.46. The van der Waals surface area contributed by atoms with E-state index in [0.29, 0.717) is 32.0 Å². The monoisotopic (exact) mass is 355 g/mol. The molecule has 138 valence electrons. The average Bonchev–Trinajstić information content (AvgIpc) is 3.43. The van der Waals surface area contributed by atoms with Crippen molar-refractivity contribution in [2.24, 2.45) is 5.92 Å². The summed E-state index contributed by atoms with van der Waals surface area (Å²) in [4.78, 5) is 30.2. The van der Waals surface area contributed by atoms with Crippen molar-refractivity contribution in [3.8, 4) is 0 Å². The quantitative estimate of drug-likeness (QED) is 0.835. The van der Waals surface area contributed by atoms with Gasteiger partial charge in [-0.15, -0.1) is 0 Å². The predicted molar refractivity (Wildman–Crippen MR) is 98.9 cm³/mol. The van der Waals surface area contributed by atoms with Crippen molar-refractivity contribution in [3.05, 3.63) is 36.0 Å². The molecule has 0 bridgehead atoms. The normalized spacial score (nSPS) is 18.0. The van der Waals surface area contributed by atoms with Crippen LogP contribution in [0.25, 0.3) is 10.9 Å². The first kappa shape index (κ1) is 17.1. The number of nitrogens with one attached hydrogen (secondary N) is 2. The molecule has 1 saturated heterocycles. The third kappa shape index (κ3) is 3.75. The average molecular weight is 355 g/mol. The van der Waals surface area contributed by atoms with Crippen LogP contribution in [0.5, 0.6) is 0 Å². The summed E-state index contributed by atoms with van der Waals surface area (Å²) < 4.78 is 5.42. The van der Waals surface area contributed by atoms with Crippen LogP contribution in [0.1, 0.15) is 36.2 Å². The Hall–Kier alpha value is -2.34. The molecule has 1 saturated carbocycles. The first-order valence-electron chi connectivity index (χ1n) is 9.46. The van der Waals surface area contributed by atoms with E-state index in [0.717, 1.165) is 36.6 Å². The van der Waals surface area contributed by atoms with E-state index < -0.39 is 0 Å². The molecule has 0 atom stereocenters. The number of fused-ring (bicyclic) bond motifs is 1. The van der Waals surface area contributed by atoms with Crippen LogP contribution in [0.3, 0.4) is 0 Å². The highest BCUT2D eigenvalue weighted by Crippen LogP contribution is 2.32. The zero-order valence-electron chi connectivity index (χ0n) is 14.9. The Kier molecular flexibility index (Phi) is 4.93. The maximum atomic E-state index is 12.6. The summed E-state index contributed by atoms with van der Waals surface area (Å²) in [6, 6.07) is 9.91. The number of aromatic amines is 1. The lowest BCUT2D eigenvalue weighted by Crippen LogP contribution is -2.47. The SMILES string of the molecule is O=C(NCCN(C(=O)C1CC1)C1CCOCC1)c1cc2ccccc2[nH]1. The largest absolute Gasteiger partial charge is 0.381 e. The molecule has 2 amide bonds. The number of hydrogen-bond acceptors (Lipinski definition) is 3. The van der Waals surface area contributed by atoms with Crippen molar-refractivity contribution in [2.75, 3.05) is 26.3 Å². The molecule has 6 heteroatoms. The lowest BCUT2D eigenvalue weighted by atomic mass is 10.1. The summed E-state index contributed by atoms with van der Waals surface area (Å²) in [5, 5.41) is 3.97. The minimum absolute atomic E-state index is 0.132. The maximum Gasteiger partial charge on any atom is 0.267 e. The number of H-pyrrole nitrogens is 1. The molecular weight excluding hydrogens is 330 g/mol. The highest BCUT2D eigenvalue weighted by atomic mass is 16.5. The van der Waals surface area contributed by atoms with Crippen molar-refractivity contribution in [3.63, 3.8) is 0 Å². The molecule has 2 heterocycles. The van der Waals surface area contributed by atoms with Crippen molar-refractivity contribution in [1.29, 1.82) is 0 Å². The minimum atomic E-state index is -0.132. The predicted octanol–water partition coefficient (Wildman–Crippen LogP) is 2.32. The molecule has 2 aromatic rings. The van der Waals surface area contributed by atoms with E-state index >= 15 is 0 Å². The van der Waals surface area contributed by atoms with Gasteiger partial charge in [0.25, 0.3) is 5.91 Å². The Balaban J connectivity index is 1.35. The molecule has 1 aliphatic heterocycles. The second-order valence-corrected chi connectivity index (χ2v) is 7.18. The molecule has 1 aliphatic carbocycles. The van der Waals surface area contributed by atoms with Crippen molar-refractivity contribution in [2.45, 2.75) is 31.7 Å². The van der Waals surface area contributed by atoms with E-state index in [2.05, 4.69) is 10.3 Å². The molecule has 2 fully saturated rings. The van der Waals surface area contributed by atoms with Gasteiger partial charge in [0.2, 0.25) is 5.91 Å². The fourth-order valence-corrected chi connectivity index (χ4v) is 3.62. The number of rotatable bonds is 6. The number of hydrogen-bond donors (Lipinski definition) is 2. The van der Waals surface area contributed by atoms with Crippen LogP contribution in [0.2, 0.25) is 0 Å². The Labute approximate surface area is 152 Å². The lowest BCUT2D eigenvalue weighted by Gasteiger charge is -2.34. The lowest BCUT2D eigenvalue weighted by molar-refractivity contribution is -0.136. The highest BCUT2D eigenvalue weighted by Gasteiger charge is 2.36. The van der Waals surface area contributed by atoms with Gasteiger partial charge in [-0.3, -0.25) is 9.59 Å². The fraction of sp³-hybridized carbons (Fsp3) is 0.500. The second kappa shape index (κ2) is 7.50. The summed E-state index contributed by atoms with van der Waals surface area (Å²) in [5.41, 5.74) is 1.50. The molecular formula is C20H25N3O3. The Morgan fingerprint density at radius 3 is 2.65 bits per heavy atom. The number of benzene rings is 1. The van der Waals surface area contributed by atoms with Crippen molar-refractivity contribution < 1.29 is 14.3 Å². The Morgan fingerprint density at radius 2 is 1.92 bits per heavy atom. The minimum Gasteiger partial charge on any atom is -0.381 e. The molecule has 1 aromatic heterocycles. The van der Waals surface area contributed by atoms with Gasteiger partial charge in [-0.1, -0.05) is 18.2 Å². The number of carbonyl (C=O) groups excluding carboxylic acids is 2. The van der Waals surface area contributed by atoms with Gasteiger partial charge in [0.05, 0.1) is 0 Å². The number of aromatic nitrogens is 1. The number of para-hydroxylation sites is 1. The van der Waals surface area contributed by atoms with Gasteiger partial charge in [0.15, 0.2) is 0 Å². The van der Waals surface area contributed by atoms with Gasteiger partial charge in [0.1, 0.15) is 5.69 Å². The topological polar surface area (TPSA) is 74.4 Å². The van der Waals surface area contributed by atoms with E-state index in [1.165, 1.54) is 0 Å². The van der Waals surface area contributed by atoms with Crippen molar-refractivity contribution >= 4 is 22.7 Å². The highest BCUT2D eigenvalue weighted by molar-refractivity contribution is 5.98. The third-order valence-electron chi connectivity index (χ3n) is 5.25. The summed E-state index contributed by atoms with van der Waals surface area (Å²) in [6.07, 6.45) is 3.77. The standard InChI is InChI=1S/C20H25N3O3/c24-19(18-13-15-3-1-2-4-17(15)22-18)21-9-10-23(20(25)14-5-6-14)16-7-11-26-12-8-16/h1-4,13-14,16,22H,5-12H2,(H,21,24). The molecule has 2 aliphatic rings. The molecule has 4 rings (SSSR count). The number of ether oxygens (including phenoxy) is 1. The molecule has 6 nitrogen and oxygen atoms in total. The van der Waals surface area contributed by atoms with Crippen LogP contribution in [0.4, 0.5) is 0 Å². The summed E-state index contributed by atoms with van der Waals surface area (Å²) in [5.74, 6) is 0.311. The maximum absolute atomic E-state index is 12.6. The zero-order chi connectivity index (χ0) is 17.9. The zero-order valence-corrected chi connectivity index (χ0v) is 14.9. The van der Waals surface area contributed by atoms with Crippen LogP contribution in [-0.4, -0.2) is 54.0 Å². The molecule has 0 unspecified atom stereocenters. The molecule has 0 spiro atoms. The van der Waals surface area contributed by atoms with E-state index in [1.54, 1.807) is 0 Å². The van der Waals surface area contributed by atoms with E-state index in [1.807, 2.05) is 35.2 Å². The van der Waals surface area contributed by atoms with Gasteiger partial charge < -0.3 is 19.9 Å².